The molecule has 1 saturated heterocycles. The lowest BCUT2D eigenvalue weighted by molar-refractivity contribution is -0.137. The molecule has 0 unspecified atom stereocenters. The molecule has 1 fully saturated rings. The molecule has 1 aromatic heterocycles. The molecule has 6 nitrogen and oxygen atoms in total. The molecule has 3 rings (SSSR count). The lowest BCUT2D eigenvalue weighted by Crippen LogP contribution is -2.39. The van der Waals surface area contributed by atoms with Gasteiger partial charge in [-0.3, -0.25) is 9.69 Å². The van der Waals surface area contributed by atoms with Gasteiger partial charge in [-0.15, -0.1) is 0 Å². The topological polar surface area (TPSA) is 46.9 Å². The highest BCUT2D eigenvalue weighted by molar-refractivity contribution is 5.77. The maximum Gasteiger partial charge on any atom is 0.248 e. The molecule has 2 aromatic rings. The van der Waals surface area contributed by atoms with Crippen LogP contribution < -0.4 is 0 Å². The SMILES string of the molecule is Cn1cccc1CN(CCCN1CCOCC1)C(=O)COCc1ccccc1. The van der Waals surface area contributed by atoms with Gasteiger partial charge in [0.1, 0.15) is 6.61 Å². The number of benzene rings is 1. The summed E-state index contributed by atoms with van der Waals surface area (Å²) in [5.41, 5.74) is 2.21. The summed E-state index contributed by atoms with van der Waals surface area (Å²) in [5, 5.41) is 0. The lowest BCUT2D eigenvalue weighted by atomic mass is 10.2. The molecular formula is C22H31N3O3. The Bertz CT molecular complexity index is 711. The van der Waals surface area contributed by atoms with Crippen LogP contribution in [0.3, 0.4) is 0 Å². The van der Waals surface area contributed by atoms with Crippen LogP contribution >= 0.6 is 0 Å². The Labute approximate surface area is 167 Å². The van der Waals surface area contributed by atoms with E-state index >= 15 is 0 Å². The highest BCUT2D eigenvalue weighted by Crippen LogP contribution is 2.08. The first-order valence-electron chi connectivity index (χ1n) is 10.0. The quantitative estimate of drug-likeness (QED) is 0.630. The molecule has 6 heteroatoms. The predicted molar refractivity (Wildman–Crippen MR) is 109 cm³/mol. The van der Waals surface area contributed by atoms with Crippen LogP contribution in [0.1, 0.15) is 17.7 Å². The molecule has 28 heavy (non-hydrogen) atoms. The number of hydrogen-bond donors (Lipinski definition) is 0. The highest BCUT2D eigenvalue weighted by Gasteiger charge is 2.17. The minimum Gasteiger partial charge on any atom is -0.379 e. The molecule has 1 amide bonds. The van der Waals surface area contributed by atoms with E-state index in [4.69, 9.17) is 9.47 Å². The molecule has 2 heterocycles. The second-order valence-corrected chi connectivity index (χ2v) is 7.21. The van der Waals surface area contributed by atoms with Crippen molar-refractivity contribution in [2.45, 2.75) is 19.6 Å². The third kappa shape index (κ3) is 6.48. The van der Waals surface area contributed by atoms with Crippen molar-refractivity contribution in [1.29, 1.82) is 0 Å². The summed E-state index contributed by atoms with van der Waals surface area (Å²) < 4.78 is 13.1. The van der Waals surface area contributed by atoms with Crippen LogP contribution in [0.4, 0.5) is 0 Å². The van der Waals surface area contributed by atoms with E-state index in [1.807, 2.05) is 54.5 Å². The van der Waals surface area contributed by atoms with Gasteiger partial charge in [0.25, 0.3) is 0 Å². The van der Waals surface area contributed by atoms with Crippen LogP contribution in [0.25, 0.3) is 0 Å². The number of rotatable bonds is 10. The number of carbonyl (C=O) groups excluding carboxylic acids is 1. The molecule has 1 aliphatic heterocycles. The van der Waals surface area contributed by atoms with E-state index in [-0.39, 0.29) is 12.5 Å². The zero-order chi connectivity index (χ0) is 19.6. The highest BCUT2D eigenvalue weighted by atomic mass is 16.5. The fourth-order valence-corrected chi connectivity index (χ4v) is 3.38. The van der Waals surface area contributed by atoms with Crippen molar-refractivity contribution in [1.82, 2.24) is 14.4 Å². The third-order valence-electron chi connectivity index (χ3n) is 5.10. The van der Waals surface area contributed by atoms with Crippen LogP contribution in [0.15, 0.2) is 48.7 Å². The Balaban J connectivity index is 1.50. The molecule has 0 spiro atoms. The van der Waals surface area contributed by atoms with E-state index in [0.717, 1.165) is 57.1 Å². The largest absolute Gasteiger partial charge is 0.379 e. The van der Waals surface area contributed by atoms with Crippen molar-refractivity contribution in [3.8, 4) is 0 Å². The van der Waals surface area contributed by atoms with Crippen molar-refractivity contribution in [2.24, 2.45) is 7.05 Å². The average Bonchev–Trinajstić information content (AvgIpc) is 3.13. The van der Waals surface area contributed by atoms with Crippen LogP contribution in [0, 0.1) is 0 Å². The lowest BCUT2D eigenvalue weighted by Gasteiger charge is -2.28. The van der Waals surface area contributed by atoms with E-state index in [0.29, 0.717) is 13.2 Å². The predicted octanol–water partition coefficient (Wildman–Crippen LogP) is 2.29. The number of carbonyl (C=O) groups is 1. The number of hydrogen-bond acceptors (Lipinski definition) is 4. The molecule has 0 saturated carbocycles. The molecule has 152 valence electrons. The number of aryl methyl sites for hydroxylation is 1. The Kier molecular flexibility index (Phi) is 8.08. The number of ether oxygens (including phenoxy) is 2. The van der Waals surface area contributed by atoms with Crippen LogP contribution in [-0.4, -0.2) is 66.3 Å². The smallest absolute Gasteiger partial charge is 0.248 e. The van der Waals surface area contributed by atoms with Crippen LogP contribution in [0.2, 0.25) is 0 Å². The molecule has 1 aliphatic rings. The third-order valence-corrected chi connectivity index (χ3v) is 5.10. The van der Waals surface area contributed by atoms with Gasteiger partial charge in [-0.25, -0.2) is 0 Å². The number of amides is 1. The first-order chi connectivity index (χ1) is 13.7. The van der Waals surface area contributed by atoms with Crippen molar-refractivity contribution in [2.75, 3.05) is 46.0 Å². The van der Waals surface area contributed by atoms with E-state index in [2.05, 4.69) is 15.5 Å². The van der Waals surface area contributed by atoms with Crippen LogP contribution in [-0.2, 0) is 34.5 Å². The van der Waals surface area contributed by atoms with Gasteiger partial charge in [-0.2, -0.15) is 0 Å². The molecule has 1 aromatic carbocycles. The monoisotopic (exact) mass is 385 g/mol. The van der Waals surface area contributed by atoms with Crippen molar-refractivity contribution in [3.05, 3.63) is 59.9 Å². The van der Waals surface area contributed by atoms with E-state index in [1.165, 1.54) is 0 Å². The van der Waals surface area contributed by atoms with E-state index < -0.39 is 0 Å². The fraction of sp³-hybridized carbons (Fsp3) is 0.500. The van der Waals surface area contributed by atoms with Crippen molar-refractivity contribution in [3.63, 3.8) is 0 Å². The van der Waals surface area contributed by atoms with Gasteiger partial charge in [0.15, 0.2) is 0 Å². The Hall–Kier alpha value is -2.15. The molecule has 0 N–H and O–H groups in total. The Morgan fingerprint density at radius 1 is 1.14 bits per heavy atom. The number of morpholine rings is 1. The standard InChI is InChI=1S/C22H31N3O3/c1-23-10-5-9-21(23)17-25(12-6-11-24-13-15-27-16-14-24)22(26)19-28-18-20-7-3-2-4-8-20/h2-5,7-10H,6,11-19H2,1H3. The summed E-state index contributed by atoms with van der Waals surface area (Å²) >= 11 is 0. The Morgan fingerprint density at radius 3 is 2.64 bits per heavy atom. The van der Waals surface area contributed by atoms with Gasteiger partial charge in [0.05, 0.1) is 26.4 Å². The first-order valence-corrected chi connectivity index (χ1v) is 10.0. The minimum atomic E-state index is 0.0408. The second kappa shape index (κ2) is 11.0. The van der Waals surface area contributed by atoms with Gasteiger partial charge in [0.2, 0.25) is 5.91 Å². The second-order valence-electron chi connectivity index (χ2n) is 7.21. The van der Waals surface area contributed by atoms with Crippen LogP contribution in [0.5, 0.6) is 0 Å². The zero-order valence-electron chi connectivity index (χ0n) is 16.8. The molecule has 0 aliphatic carbocycles. The van der Waals surface area contributed by atoms with E-state index in [9.17, 15) is 4.79 Å². The fourth-order valence-electron chi connectivity index (χ4n) is 3.38. The zero-order valence-corrected chi connectivity index (χ0v) is 16.8. The summed E-state index contributed by atoms with van der Waals surface area (Å²) in [6, 6.07) is 14.0. The van der Waals surface area contributed by atoms with Crippen molar-refractivity contribution < 1.29 is 14.3 Å². The van der Waals surface area contributed by atoms with Gasteiger partial charge in [-0.1, -0.05) is 30.3 Å². The molecule has 0 bridgehead atoms. The maximum atomic E-state index is 12.8. The van der Waals surface area contributed by atoms with E-state index in [1.54, 1.807) is 0 Å². The van der Waals surface area contributed by atoms with Crippen molar-refractivity contribution >= 4 is 5.91 Å². The average molecular weight is 386 g/mol. The summed E-state index contributed by atoms with van der Waals surface area (Å²) in [5.74, 6) is 0.0408. The normalized spacial score (nSPS) is 14.9. The summed E-state index contributed by atoms with van der Waals surface area (Å²) in [6.45, 7) is 6.47. The molecular weight excluding hydrogens is 354 g/mol. The van der Waals surface area contributed by atoms with Gasteiger partial charge in [0, 0.05) is 45.1 Å². The minimum absolute atomic E-state index is 0.0408. The summed E-state index contributed by atoms with van der Waals surface area (Å²) in [6.07, 6.45) is 2.96. The summed E-state index contributed by atoms with van der Waals surface area (Å²) in [7, 11) is 2.01. The van der Waals surface area contributed by atoms with Gasteiger partial charge < -0.3 is 18.9 Å². The number of nitrogens with zero attached hydrogens (tertiary/aromatic N) is 3. The first kappa shape index (κ1) is 20.6. The molecule has 0 radical (unpaired) electrons. The maximum absolute atomic E-state index is 12.8. The number of aromatic nitrogens is 1. The van der Waals surface area contributed by atoms with Gasteiger partial charge in [-0.05, 0) is 24.1 Å². The molecule has 0 atom stereocenters. The summed E-state index contributed by atoms with van der Waals surface area (Å²) in [4.78, 5) is 17.1. The van der Waals surface area contributed by atoms with Gasteiger partial charge >= 0.3 is 0 Å². The Morgan fingerprint density at radius 2 is 1.93 bits per heavy atom.